The van der Waals surface area contributed by atoms with Crippen LogP contribution in [0.25, 0.3) is 0 Å². The molecule has 1 aromatic heterocycles. The Hall–Kier alpha value is -2.10. The van der Waals surface area contributed by atoms with Crippen molar-refractivity contribution < 1.29 is 4.79 Å². The SMILES string of the molecule is Cc1ccc(C(=O)Nc2cc(C(C)(C)C)n(C)n2)cc1. The van der Waals surface area contributed by atoms with E-state index in [1.807, 2.05) is 49.0 Å². The molecule has 4 heteroatoms. The summed E-state index contributed by atoms with van der Waals surface area (Å²) in [6.45, 7) is 8.36. The summed E-state index contributed by atoms with van der Waals surface area (Å²) in [4.78, 5) is 12.1. The van der Waals surface area contributed by atoms with Crippen LogP contribution < -0.4 is 5.32 Å². The number of rotatable bonds is 2. The van der Waals surface area contributed by atoms with E-state index in [1.165, 1.54) is 0 Å². The van der Waals surface area contributed by atoms with E-state index in [-0.39, 0.29) is 11.3 Å². The monoisotopic (exact) mass is 271 g/mol. The number of aromatic nitrogens is 2. The van der Waals surface area contributed by atoms with E-state index in [2.05, 4.69) is 31.2 Å². The molecule has 2 rings (SSSR count). The number of nitrogens with one attached hydrogen (secondary N) is 1. The zero-order valence-corrected chi connectivity index (χ0v) is 12.7. The summed E-state index contributed by atoms with van der Waals surface area (Å²) >= 11 is 0. The fourth-order valence-electron chi connectivity index (χ4n) is 2.12. The Kier molecular flexibility index (Phi) is 3.66. The van der Waals surface area contributed by atoms with Crippen LogP contribution in [-0.4, -0.2) is 15.7 Å². The van der Waals surface area contributed by atoms with Crippen LogP contribution in [0.3, 0.4) is 0 Å². The molecule has 1 aromatic carbocycles. The van der Waals surface area contributed by atoms with Crippen molar-refractivity contribution in [3.8, 4) is 0 Å². The van der Waals surface area contributed by atoms with Gasteiger partial charge in [-0.15, -0.1) is 0 Å². The highest BCUT2D eigenvalue weighted by molar-refractivity contribution is 6.03. The van der Waals surface area contributed by atoms with Gasteiger partial charge in [0.1, 0.15) is 0 Å². The van der Waals surface area contributed by atoms with Crippen LogP contribution in [0.1, 0.15) is 42.4 Å². The van der Waals surface area contributed by atoms with Gasteiger partial charge in [0.05, 0.1) is 0 Å². The third kappa shape index (κ3) is 3.07. The topological polar surface area (TPSA) is 46.9 Å². The number of benzene rings is 1. The summed E-state index contributed by atoms with van der Waals surface area (Å²) in [5.41, 5.74) is 2.85. The number of nitrogens with zero attached hydrogens (tertiary/aromatic N) is 2. The smallest absolute Gasteiger partial charge is 0.256 e. The number of anilines is 1. The Morgan fingerprint density at radius 2 is 1.80 bits per heavy atom. The van der Waals surface area contributed by atoms with E-state index in [4.69, 9.17) is 0 Å². The number of carbonyl (C=O) groups is 1. The van der Waals surface area contributed by atoms with Crippen molar-refractivity contribution in [3.05, 3.63) is 47.2 Å². The van der Waals surface area contributed by atoms with Gasteiger partial charge in [-0.3, -0.25) is 9.48 Å². The Balaban J connectivity index is 2.18. The van der Waals surface area contributed by atoms with Crippen LogP contribution >= 0.6 is 0 Å². The van der Waals surface area contributed by atoms with E-state index in [9.17, 15) is 4.79 Å². The van der Waals surface area contributed by atoms with Gasteiger partial charge in [-0.1, -0.05) is 38.5 Å². The fraction of sp³-hybridized carbons (Fsp3) is 0.375. The maximum atomic E-state index is 12.1. The van der Waals surface area contributed by atoms with E-state index in [0.29, 0.717) is 11.4 Å². The fourth-order valence-corrected chi connectivity index (χ4v) is 2.12. The molecular weight excluding hydrogens is 250 g/mol. The largest absolute Gasteiger partial charge is 0.305 e. The molecule has 1 heterocycles. The zero-order valence-electron chi connectivity index (χ0n) is 12.7. The molecule has 20 heavy (non-hydrogen) atoms. The molecule has 0 unspecified atom stereocenters. The lowest BCUT2D eigenvalue weighted by atomic mass is 9.92. The third-order valence-corrected chi connectivity index (χ3v) is 3.20. The van der Waals surface area contributed by atoms with Crippen LogP contribution in [0.2, 0.25) is 0 Å². The standard InChI is InChI=1S/C16H21N3O/c1-11-6-8-12(9-7-11)15(20)17-14-10-13(16(2,3)4)19(5)18-14/h6-10H,1-5H3,(H,17,18,20). The Labute approximate surface area is 119 Å². The van der Waals surface area contributed by atoms with Gasteiger partial charge >= 0.3 is 0 Å². The lowest BCUT2D eigenvalue weighted by molar-refractivity contribution is 0.102. The number of hydrogen-bond donors (Lipinski definition) is 1. The van der Waals surface area contributed by atoms with Gasteiger partial charge in [0.25, 0.3) is 5.91 Å². The maximum absolute atomic E-state index is 12.1. The molecule has 0 radical (unpaired) electrons. The van der Waals surface area contributed by atoms with E-state index >= 15 is 0 Å². The second kappa shape index (κ2) is 5.12. The molecule has 1 N–H and O–H groups in total. The van der Waals surface area contributed by atoms with E-state index in [1.54, 1.807) is 0 Å². The van der Waals surface area contributed by atoms with Crippen molar-refractivity contribution in [2.45, 2.75) is 33.1 Å². The second-order valence-electron chi connectivity index (χ2n) is 6.11. The lowest BCUT2D eigenvalue weighted by Crippen LogP contribution is -2.16. The van der Waals surface area contributed by atoms with Crippen molar-refractivity contribution in [1.82, 2.24) is 9.78 Å². The predicted octanol–water partition coefficient (Wildman–Crippen LogP) is 3.28. The normalized spacial score (nSPS) is 11.4. The molecule has 0 saturated heterocycles. The molecule has 0 aliphatic carbocycles. The molecule has 0 spiro atoms. The van der Waals surface area contributed by atoms with Gasteiger partial charge in [-0.2, -0.15) is 5.10 Å². The molecule has 106 valence electrons. The quantitative estimate of drug-likeness (QED) is 0.911. The first-order valence-electron chi connectivity index (χ1n) is 6.70. The summed E-state index contributed by atoms with van der Waals surface area (Å²) in [6, 6.07) is 9.41. The Morgan fingerprint density at radius 1 is 1.20 bits per heavy atom. The van der Waals surface area contributed by atoms with Crippen LogP contribution in [0, 0.1) is 6.92 Å². The summed E-state index contributed by atoms with van der Waals surface area (Å²) in [5.74, 6) is 0.451. The second-order valence-corrected chi connectivity index (χ2v) is 6.11. The van der Waals surface area contributed by atoms with Crippen LogP contribution in [0.5, 0.6) is 0 Å². The summed E-state index contributed by atoms with van der Waals surface area (Å²) in [6.07, 6.45) is 0. The molecule has 0 aliphatic rings. The van der Waals surface area contributed by atoms with Crippen LogP contribution in [0.4, 0.5) is 5.82 Å². The van der Waals surface area contributed by atoms with Gasteiger partial charge in [-0.05, 0) is 19.1 Å². The first-order valence-corrected chi connectivity index (χ1v) is 6.70. The van der Waals surface area contributed by atoms with Gasteiger partial charge in [0.2, 0.25) is 0 Å². The van der Waals surface area contributed by atoms with Gasteiger partial charge in [0, 0.05) is 29.8 Å². The first-order chi connectivity index (χ1) is 9.27. The minimum atomic E-state index is -0.136. The average Bonchev–Trinajstić information content (AvgIpc) is 2.70. The Morgan fingerprint density at radius 3 is 2.30 bits per heavy atom. The molecular formula is C16H21N3O. The molecule has 2 aromatic rings. The zero-order chi connectivity index (χ0) is 14.9. The van der Waals surface area contributed by atoms with E-state index < -0.39 is 0 Å². The van der Waals surface area contributed by atoms with Gasteiger partial charge in [0.15, 0.2) is 5.82 Å². The maximum Gasteiger partial charge on any atom is 0.256 e. The minimum absolute atomic E-state index is 0.00537. The number of hydrogen-bond acceptors (Lipinski definition) is 2. The lowest BCUT2D eigenvalue weighted by Gasteiger charge is -2.17. The van der Waals surface area contributed by atoms with Crippen molar-refractivity contribution in [1.29, 1.82) is 0 Å². The average molecular weight is 271 g/mol. The highest BCUT2D eigenvalue weighted by atomic mass is 16.1. The van der Waals surface area contributed by atoms with Crippen molar-refractivity contribution >= 4 is 11.7 Å². The van der Waals surface area contributed by atoms with Crippen LogP contribution in [0.15, 0.2) is 30.3 Å². The summed E-state index contributed by atoms with van der Waals surface area (Å²) in [5, 5.41) is 7.18. The molecule has 0 bridgehead atoms. The van der Waals surface area contributed by atoms with Gasteiger partial charge in [-0.25, -0.2) is 0 Å². The third-order valence-electron chi connectivity index (χ3n) is 3.20. The molecule has 0 aliphatic heterocycles. The summed E-state index contributed by atoms with van der Waals surface area (Å²) in [7, 11) is 1.89. The van der Waals surface area contributed by atoms with E-state index in [0.717, 1.165) is 11.3 Å². The highest BCUT2D eigenvalue weighted by Crippen LogP contribution is 2.24. The molecule has 0 fully saturated rings. The van der Waals surface area contributed by atoms with Gasteiger partial charge < -0.3 is 5.32 Å². The number of carbonyl (C=O) groups excluding carboxylic acids is 1. The summed E-state index contributed by atoms with van der Waals surface area (Å²) < 4.78 is 1.81. The highest BCUT2D eigenvalue weighted by Gasteiger charge is 2.20. The van der Waals surface area contributed by atoms with Crippen LogP contribution in [-0.2, 0) is 12.5 Å². The first kappa shape index (κ1) is 14.3. The molecule has 0 atom stereocenters. The predicted molar refractivity (Wildman–Crippen MR) is 81.0 cm³/mol. The Bertz CT molecular complexity index is 618. The number of aryl methyl sites for hydroxylation is 2. The minimum Gasteiger partial charge on any atom is -0.305 e. The molecule has 0 saturated carbocycles. The van der Waals surface area contributed by atoms with Crippen molar-refractivity contribution in [3.63, 3.8) is 0 Å². The molecule has 1 amide bonds. The van der Waals surface area contributed by atoms with Crippen molar-refractivity contribution in [2.75, 3.05) is 5.32 Å². The van der Waals surface area contributed by atoms with Crippen molar-refractivity contribution in [2.24, 2.45) is 7.05 Å². The molecule has 4 nitrogen and oxygen atoms in total. The number of amides is 1.